The summed E-state index contributed by atoms with van der Waals surface area (Å²) >= 11 is 0. The molecular formula is C11H18N4O. The van der Waals surface area contributed by atoms with Crippen LogP contribution in [0.5, 0.6) is 0 Å². The van der Waals surface area contributed by atoms with Crippen LogP contribution < -0.4 is 5.32 Å². The maximum Gasteiger partial charge on any atom is 0.244 e. The van der Waals surface area contributed by atoms with E-state index in [1.807, 2.05) is 19.9 Å². The highest BCUT2D eigenvalue weighted by Gasteiger charge is 2.14. The molecule has 0 saturated carbocycles. The van der Waals surface area contributed by atoms with Gasteiger partial charge in [-0.2, -0.15) is 0 Å². The van der Waals surface area contributed by atoms with E-state index in [0.717, 1.165) is 12.1 Å². The van der Waals surface area contributed by atoms with Crippen molar-refractivity contribution in [1.82, 2.24) is 14.9 Å². The van der Waals surface area contributed by atoms with E-state index in [2.05, 4.69) is 15.3 Å². The Bertz CT molecular complexity index is 365. The number of anilines is 1. The minimum Gasteiger partial charge on any atom is -0.359 e. The Morgan fingerprint density at radius 3 is 2.75 bits per heavy atom. The predicted molar refractivity (Wildman–Crippen MR) is 63.2 cm³/mol. The topological polar surface area (TPSA) is 58.1 Å². The summed E-state index contributed by atoms with van der Waals surface area (Å²) < 4.78 is 0. The fraction of sp³-hybridized carbons (Fsp3) is 0.545. The summed E-state index contributed by atoms with van der Waals surface area (Å²) in [6, 6.07) is 1.58. The van der Waals surface area contributed by atoms with Crippen molar-refractivity contribution in [2.75, 3.05) is 19.4 Å². The molecule has 1 aromatic heterocycles. The zero-order chi connectivity index (χ0) is 12.1. The Balaban J connectivity index is 2.69. The van der Waals surface area contributed by atoms with Gasteiger partial charge in [-0.25, -0.2) is 9.97 Å². The third-order valence-electron chi connectivity index (χ3n) is 2.26. The summed E-state index contributed by atoms with van der Waals surface area (Å²) in [7, 11) is 3.47. The van der Waals surface area contributed by atoms with Crippen molar-refractivity contribution in [2.24, 2.45) is 0 Å². The smallest absolute Gasteiger partial charge is 0.244 e. The Morgan fingerprint density at radius 2 is 2.19 bits per heavy atom. The predicted octanol–water partition coefficient (Wildman–Crippen LogP) is 0.928. The van der Waals surface area contributed by atoms with Crippen molar-refractivity contribution in [3.63, 3.8) is 0 Å². The second-order valence-electron chi connectivity index (χ2n) is 3.85. The average Bonchev–Trinajstić information content (AvgIpc) is 2.28. The van der Waals surface area contributed by atoms with Gasteiger partial charge < -0.3 is 10.2 Å². The molecule has 16 heavy (non-hydrogen) atoms. The standard InChI is InChI=1S/C11H18N4O/c1-5-9-6-10(13-7-12-9)14-8(2)11(16)15(3)4/h6-8H,5H2,1-4H3,(H,12,13,14). The van der Waals surface area contributed by atoms with E-state index in [1.54, 1.807) is 19.0 Å². The van der Waals surface area contributed by atoms with E-state index < -0.39 is 0 Å². The van der Waals surface area contributed by atoms with E-state index in [9.17, 15) is 4.79 Å². The van der Waals surface area contributed by atoms with Crippen LogP contribution in [0.15, 0.2) is 12.4 Å². The number of carbonyl (C=O) groups excluding carboxylic acids is 1. The number of amides is 1. The van der Waals surface area contributed by atoms with Gasteiger partial charge in [0.25, 0.3) is 0 Å². The molecule has 1 amide bonds. The zero-order valence-corrected chi connectivity index (χ0v) is 10.2. The fourth-order valence-corrected chi connectivity index (χ4v) is 1.34. The van der Waals surface area contributed by atoms with Crippen LogP contribution >= 0.6 is 0 Å². The summed E-state index contributed by atoms with van der Waals surface area (Å²) in [4.78, 5) is 21.4. The molecule has 1 N–H and O–H groups in total. The lowest BCUT2D eigenvalue weighted by atomic mass is 10.3. The van der Waals surface area contributed by atoms with Crippen LogP contribution in [0, 0.1) is 0 Å². The minimum absolute atomic E-state index is 0.0247. The number of nitrogens with zero attached hydrogens (tertiary/aromatic N) is 3. The van der Waals surface area contributed by atoms with E-state index in [4.69, 9.17) is 0 Å². The number of hydrogen-bond acceptors (Lipinski definition) is 4. The molecule has 0 radical (unpaired) electrons. The molecule has 1 unspecified atom stereocenters. The first-order valence-corrected chi connectivity index (χ1v) is 5.33. The SMILES string of the molecule is CCc1cc(NC(C)C(=O)N(C)C)ncn1. The van der Waals surface area contributed by atoms with Crippen molar-refractivity contribution in [3.05, 3.63) is 18.1 Å². The molecule has 0 bridgehead atoms. The molecule has 1 rings (SSSR count). The molecule has 0 aliphatic carbocycles. The third kappa shape index (κ3) is 3.18. The molecule has 1 aromatic rings. The summed E-state index contributed by atoms with van der Waals surface area (Å²) in [5.74, 6) is 0.714. The van der Waals surface area contributed by atoms with Gasteiger partial charge in [0, 0.05) is 25.9 Å². The second kappa shape index (κ2) is 5.44. The lowest BCUT2D eigenvalue weighted by Crippen LogP contribution is -2.36. The second-order valence-corrected chi connectivity index (χ2v) is 3.85. The quantitative estimate of drug-likeness (QED) is 0.823. The maximum absolute atomic E-state index is 11.6. The van der Waals surface area contributed by atoms with Crippen molar-refractivity contribution in [2.45, 2.75) is 26.3 Å². The molecule has 5 nitrogen and oxygen atoms in total. The molecule has 0 aliphatic rings. The largest absolute Gasteiger partial charge is 0.359 e. The molecule has 0 saturated heterocycles. The van der Waals surface area contributed by atoms with Crippen molar-refractivity contribution in [1.29, 1.82) is 0 Å². The number of rotatable bonds is 4. The number of aryl methyl sites for hydroxylation is 1. The highest BCUT2D eigenvalue weighted by Crippen LogP contribution is 2.06. The normalized spacial score (nSPS) is 12.0. The Hall–Kier alpha value is -1.65. The number of nitrogens with one attached hydrogen (secondary N) is 1. The molecule has 0 spiro atoms. The molecule has 88 valence electrons. The van der Waals surface area contributed by atoms with Gasteiger partial charge >= 0.3 is 0 Å². The average molecular weight is 222 g/mol. The number of likely N-dealkylation sites (N-methyl/N-ethyl adjacent to an activating group) is 1. The van der Waals surface area contributed by atoms with Crippen LogP contribution in [0.1, 0.15) is 19.5 Å². The van der Waals surface area contributed by atoms with Crippen molar-refractivity contribution in [3.8, 4) is 0 Å². The van der Waals surface area contributed by atoms with Gasteiger partial charge in [0.2, 0.25) is 5.91 Å². The Morgan fingerprint density at radius 1 is 1.50 bits per heavy atom. The van der Waals surface area contributed by atoms with Crippen molar-refractivity contribution < 1.29 is 4.79 Å². The zero-order valence-electron chi connectivity index (χ0n) is 10.2. The molecule has 1 heterocycles. The van der Waals surface area contributed by atoms with Gasteiger partial charge in [-0.05, 0) is 13.3 Å². The summed E-state index contributed by atoms with van der Waals surface area (Å²) in [5, 5.41) is 3.06. The van der Waals surface area contributed by atoms with Crippen LogP contribution in [0.4, 0.5) is 5.82 Å². The molecular weight excluding hydrogens is 204 g/mol. The van der Waals surface area contributed by atoms with Gasteiger partial charge in [0.05, 0.1) is 0 Å². The lowest BCUT2D eigenvalue weighted by molar-refractivity contribution is -0.129. The Kier molecular flexibility index (Phi) is 4.22. The summed E-state index contributed by atoms with van der Waals surface area (Å²) in [5.41, 5.74) is 0.960. The van der Waals surface area contributed by atoms with Crippen LogP contribution in [-0.4, -0.2) is 40.9 Å². The first kappa shape index (κ1) is 12.4. The van der Waals surface area contributed by atoms with Crippen LogP contribution in [0.25, 0.3) is 0 Å². The maximum atomic E-state index is 11.6. The van der Waals surface area contributed by atoms with Crippen LogP contribution in [0.3, 0.4) is 0 Å². The minimum atomic E-state index is -0.283. The molecule has 0 fully saturated rings. The van der Waals surface area contributed by atoms with Crippen LogP contribution in [0.2, 0.25) is 0 Å². The molecule has 1 atom stereocenters. The number of carbonyl (C=O) groups is 1. The van der Waals surface area contributed by atoms with Gasteiger partial charge in [0.1, 0.15) is 18.2 Å². The number of aromatic nitrogens is 2. The van der Waals surface area contributed by atoms with Crippen molar-refractivity contribution >= 4 is 11.7 Å². The van der Waals surface area contributed by atoms with Gasteiger partial charge in [-0.3, -0.25) is 4.79 Å². The third-order valence-corrected chi connectivity index (χ3v) is 2.26. The number of hydrogen-bond donors (Lipinski definition) is 1. The van der Waals surface area contributed by atoms with E-state index >= 15 is 0 Å². The molecule has 0 aromatic carbocycles. The highest BCUT2D eigenvalue weighted by molar-refractivity contribution is 5.83. The van der Waals surface area contributed by atoms with E-state index in [0.29, 0.717) is 5.82 Å². The molecule has 0 aliphatic heterocycles. The molecule has 5 heteroatoms. The Labute approximate surface area is 95.9 Å². The van der Waals surface area contributed by atoms with Gasteiger partial charge in [-0.15, -0.1) is 0 Å². The van der Waals surface area contributed by atoms with Crippen LogP contribution in [-0.2, 0) is 11.2 Å². The van der Waals surface area contributed by atoms with Gasteiger partial charge in [-0.1, -0.05) is 6.92 Å². The first-order valence-electron chi connectivity index (χ1n) is 5.33. The monoisotopic (exact) mass is 222 g/mol. The summed E-state index contributed by atoms with van der Waals surface area (Å²) in [6.07, 6.45) is 2.36. The fourth-order valence-electron chi connectivity index (χ4n) is 1.34. The van der Waals surface area contributed by atoms with Gasteiger partial charge in [0.15, 0.2) is 0 Å². The highest BCUT2D eigenvalue weighted by atomic mass is 16.2. The lowest BCUT2D eigenvalue weighted by Gasteiger charge is -2.18. The van der Waals surface area contributed by atoms with E-state index in [1.165, 1.54) is 6.33 Å². The first-order chi connectivity index (χ1) is 7.54. The summed E-state index contributed by atoms with van der Waals surface area (Å²) in [6.45, 7) is 3.84. The van der Waals surface area contributed by atoms with E-state index in [-0.39, 0.29) is 11.9 Å².